The number of nitrogens with two attached hydrogens (primary N) is 2. The van der Waals surface area contributed by atoms with Crippen molar-refractivity contribution in [3.63, 3.8) is 0 Å². The largest absolute Gasteiger partial charge is 0.397 e. The maximum absolute atomic E-state index is 10.8. The van der Waals surface area contributed by atoms with E-state index in [4.69, 9.17) is 11.5 Å². The van der Waals surface area contributed by atoms with Gasteiger partial charge in [-0.25, -0.2) is 0 Å². The summed E-state index contributed by atoms with van der Waals surface area (Å²) in [5, 5.41) is 0. The molecule has 0 unspecified atom stereocenters. The number of nitrogens with zero attached hydrogens (tertiary/aromatic N) is 1. The molecule has 4 nitrogen and oxygen atoms in total. The second kappa shape index (κ2) is 4.43. The number of benzene rings is 1. The first kappa shape index (κ1) is 10.8. The van der Waals surface area contributed by atoms with Crippen molar-refractivity contribution in [2.24, 2.45) is 5.73 Å². The van der Waals surface area contributed by atoms with Crippen molar-refractivity contribution in [3.05, 3.63) is 23.8 Å². The van der Waals surface area contributed by atoms with Gasteiger partial charge in [0.25, 0.3) is 0 Å². The minimum atomic E-state index is -0.262. The van der Waals surface area contributed by atoms with Crippen LogP contribution in [0.25, 0.3) is 0 Å². The lowest BCUT2D eigenvalue weighted by Crippen LogP contribution is -2.33. The van der Waals surface area contributed by atoms with Gasteiger partial charge in [-0.1, -0.05) is 12.1 Å². The van der Waals surface area contributed by atoms with Crippen molar-refractivity contribution in [2.45, 2.75) is 19.3 Å². The van der Waals surface area contributed by atoms with Crippen LogP contribution < -0.4 is 16.4 Å². The van der Waals surface area contributed by atoms with E-state index in [2.05, 4.69) is 11.0 Å². The van der Waals surface area contributed by atoms with Crippen LogP contribution in [0.2, 0.25) is 0 Å². The molecule has 0 saturated carbocycles. The molecule has 1 aromatic rings. The van der Waals surface area contributed by atoms with Gasteiger partial charge in [0.1, 0.15) is 0 Å². The monoisotopic (exact) mass is 219 g/mol. The van der Waals surface area contributed by atoms with Crippen LogP contribution in [0.5, 0.6) is 0 Å². The highest BCUT2D eigenvalue weighted by atomic mass is 16.1. The third-order valence-electron chi connectivity index (χ3n) is 2.97. The predicted octanol–water partition coefficient (Wildman–Crippen LogP) is 0.897. The van der Waals surface area contributed by atoms with Gasteiger partial charge in [0.2, 0.25) is 5.91 Å². The minimum absolute atomic E-state index is 0.262. The Bertz CT molecular complexity index is 403. The SMILES string of the molecule is NC(=O)CCN1CCCc2cccc(N)c21. The highest BCUT2D eigenvalue weighted by Gasteiger charge is 2.18. The van der Waals surface area contributed by atoms with Gasteiger partial charge in [-0.3, -0.25) is 4.79 Å². The first-order valence-corrected chi connectivity index (χ1v) is 5.59. The number of rotatable bonds is 3. The molecule has 0 aromatic heterocycles. The van der Waals surface area contributed by atoms with Gasteiger partial charge >= 0.3 is 0 Å². The topological polar surface area (TPSA) is 72.4 Å². The number of aryl methyl sites for hydroxylation is 1. The van der Waals surface area contributed by atoms with Crippen LogP contribution >= 0.6 is 0 Å². The Kier molecular flexibility index (Phi) is 2.99. The summed E-state index contributed by atoms with van der Waals surface area (Å²) < 4.78 is 0. The Morgan fingerprint density at radius 3 is 3.00 bits per heavy atom. The van der Waals surface area contributed by atoms with E-state index in [1.165, 1.54) is 5.56 Å². The molecule has 0 radical (unpaired) electrons. The highest BCUT2D eigenvalue weighted by Crippen LogP contribution is 2.32. The molecule has 4 heteroatoms. The Morgan fingerprint density at radius 1 is 1.44 bits per heavy atom. The smallest absolute Gasteiger partial charge is 0.219 e. The second-order valence-electron chi connectivity index (χ2n) is 4.16. The van der Waals surface area contributed by atoms with Gasteiger partial charge in [0.15, 0.2) is 0 Å². The zero-order valence-electron chi connectivity index (χ0n) is 9.28. The summed E-state index contributed by atoms with van der Waals surface area (Å²) in [7, 11) is 0. The first-order chi connectivity index (χ1) is 7.68. The van der Waals surface area contributed by atoms with Crippen LogP contribution in [0.3, 0.4) is 0 Å². The van der Waals surface area contributed by atoms with Crippen LogP contribution in [0.15, 0.2) is 18.2 Å². The number of amides is 1. The maximum atomic E-state index is 10.8. The van der Waals surface area contributed by atoms with Crippen molar-refractivity contribution < 1.29 is 4.79 Å². The van der Waals surface area contributed by atoms with Gasteiger partial charge in [-0.15, -0.1) is 0 Å². The summed E-state index contributed by atoms with van der Waals surface area (Å²) >= 11 is 0. The van der Waals surface area contributed by atoms with Crippen molar-refractivity contribution in [1.82, 2.24) is 0 Å². The summed E-state index contributed by atoms with van der Waals surface area (Å²) in [6.07, 6.45) is 2.55. The Morgan fingerprint density at radius 2 is 2.25 bits per heavy atom. The fourth-order valence-electron chi connectivity index (χ4n) is 2.24. The maximum Gasteiger partial charge on any atom is 0.219 e. The molecule has 1 aromatic carbocycles. The number of fused-ring (bicyclic) bond motifs is 1. The van der Waals surface area contributed by atoms with Crippen LogP contribution in [0.1, 0.15) is 18.4 Å². The predicted molar refractivity (Wildman–Crippen MR) is 65.2 cm³/mol. The molecule has 16 heavy (non-hydrogen) atoms. The van der Waals surface area contributed by atoms with E-state index in [9.17, 15) is 4.79 Å². The molecule has 0 atom stereocenters. The summed E-state index contributed by atoms with van der Waals surface area (Å²) in [5.74, 6) is -0.262. The third kappa shape index (κ3) is 2.10. The highest BCUT2D eigenvalue weighted by molar-refractivity contribution is 5.76. The molecule has 0 bridgehead atoms. The zero-order valence-corrected chi connectivity index (χ0v) is 9.28. The van der Waals surface area contributed by atoms with E-state index in [1.54, 1.807) is 0 Å². The summed E-state index contributed by atoms with van der Waals surface area (Å²) in [6.45, 7) is 1.62. The fraction of sp³-hybridized carbons (Fsp3) is 0.417. The lowest BCUT2D eigenvalue weighted by atomic mass is 10.0. The molecular formula is C12H17N3O. The zero-order chi connectivity index (χ0) is 11.5. The van der Waals surface area contributed by atoms with Crippen LogP contribution in [-0.4, -0.2) is 19.0 Å². The van der Waals surface area contributed by atoms with Gasteiger partial charge < -0.3 is 16.4 Å². The van der Waals surface area contributed by atoms with Crippen molar-refractivity contribution in [1.29, 1.82) is 0 Å². The molecule has 2 rings (SSSR count). The van der Waals surface area contributed by atoms with E-state index in [0.29, 0.717) is 13.0 Å². The van der Waals surface area contributed by atoms with E-state index >= 15 is 0 Å². The number of nitrogen functional groups attached to an aromatic ring is 1. The molecule has 0 spiro atoms. The van der Waals surface area contributed by atoms with Gasteiger partial charge in [-0.2, -0.15) is 0 Å². The normalized spacial score (nSPS) is 14.6. The van der Waals surface area contributed by atoms with Crippen molar-refractivity contribution >= 4 is 17.3 Å². The lowest BCUT2D eigenvalue weighted by molar-refractivity contribution is -0.117. The molecule has 4 N–H and O–H groups in total. The van der Waals surface area contributed by atoms with E-state index in [1.807, 2.05) is 12.1 Å². The molecule has 86 valence electrons. The average Bonchev–Trinajstić information content (AvgIpc) is 2.26. The Labute approximate surface area is 95.2 Å². The number of carbonyl (C=O) groups excluding carboxylic acids is 1. The molecule has 1 heterocycles. The average molecular weight is 219 g/mol. The molecule has 1 amide bonds. The molecular weight excluding hydrogens is 202 g/mol. The Hall–Kier alpha value is -1.71. The number of hydrogen-bond donors (Lipinski definition) is 2. The van der Waals surface area contributed by atoms with Crippen LogP contribution in [0, 0.1) is 0 Å². The number of para-hydroxylation sites is 1. The van der Waals surface area contributed by atoms with Gasteiger partial charge in [0.05, 0.1) is 11.4 Å². The first-order valence-electron chi connectivity index (χ1n) is 5.59. The summed E-state index contributed by atoms with van der Waals surface area (Å²) in [4.78, 5) is 13.0. The van der Waals surface area contributed by atoms with Gasteiger partial charge in [-0.05, 0) is 24.5 Å². The number of primary amides is 1. The quantitative estimate of drug-likeness (QED) is 0.742. The van der Waals surface area contributed by atoms with Crippen LogP contribution in [-0.2, 0) is 11.2 Å². The fourth-order valence-corrected chi connectivity index (χ4v) is 2.24. The van der Waals surface area contributed by atoms with Crippen molar-refractivity contribution in [2.75, 3.05) is 23.7 Å². The molecule has 0 fully saturated rings. The summed E-state index contributed by atoms with van der Waals surface area (Å²) in [6, 6.07) is 5.98. The van der Waals surface area contributed by atoms with Gasteiger partial charge in [0, 0.05) is 19.5 Å². The van der Waals surface area contributed by atoms with E-state index < -0.39 is 0 Å². The van der Waals surface area contributed by atoms with E-state index in [0.717, 1.165) is 30.8 Å². The van der Waals surface area contributed by atoms with Crippen molar-refractivity contribution in [3.8, 4) is 0 Å². The molecule has 0 aliphatic carbocycles. The van der Waals surface area contributed by atoms with Crippen LogP contribution in [0.4, 0.5) is 11.4 Å². The third-order valence-corrected chi connectivity index (χ3v) is 2.97. The standard InChI is InChI=1S/C12H17N3O/c13-10-5-1-3-9-4-2-7-15(12(9)10)8-6-11(14)16/h1,3,5H,2,4,6-8,13H2,(H2,14,16). The van der Waals surface area contributed by atoms with E-state index in [-0.39, 0.29) is 5.91 Å². The second-order valence-corrected chi connectivity index (χ2v) is 4.16. The number of carbonyl (C=O) groups is 1. The Balaban J connectivity index is 2.21. The molecule has 1 aliphatic rings. The lowest BCUT2D eigenvalue weighted by Gasteiger charge is -2.32. The number of hydrogen-bond acceptors (Lipinski definition) is 3. The summed E-state index contributed by atoms with van der Waals surface area (Å²) in [5.41, 5.74) is 14.3. The minimum Gasteiger partial charge on any atom is -0.397 e. The number of anilines is 2. The molecule has 1 aliphatic heterocycles. The molecule has 0 saturated heterocycles.